The van der Waals surface area contributed by atoms with E-state index >= 15 is 0 Å². The summed E-state index contributed by atoms with van der Waals surface area (Å²) in [5.74, 6) is -1.37. The molecule has 0 unspecified atom stereocenters. The number of carboxylic acids is 1. The van der Waals surface area contributed by atoms with Gasteiger partial charge in [-0.15, -0.1) is 0 Å². The van der Waals surface area contributed by atoms with Gasteiger partial charge in [0.2, 0.25) is 0 Å². The normalized spacial score (nSPS) is 11.4. The van der Waals surface area contributed by atoms with E-state index in [1.54, 1.807) is 37.6 Å². The number of rotatable bonds is 4. The quantitative estimate of drug-likeness (QED) is 0.925. The van der Waals surface area contributed by atoms with Gasteiger partial charge in [0.15, 0.2) is 0 Å². The predicted molar refractivity (Wildman–Crippen MR) is 73.5 cm³/mol. The Morgan fingerprint density at radius 1 is 1.42 bits per heavy atom. The summed E-state index contributed by atoms with van der Waals surface area (Å²) in [5.41, 5.74) is -0.172. The Bertz CT molecular complexity index is 489. The Balaban J connectivity index is 3.15. The SMILES string of the molecule is CCn1cc(Cl)cc1C(=O)N(CC(=O)O)C(C)(C)C. The maximum absolute atomic E-state index is 12.5. The maximum atomic E-state index is 12.5. The third-order valence-corrected chi connectivity index (χ3v) is 2.98. The highest BCUT2D eigenvalue weighted by Gasteiger charge is 2.30. The van der Waals surface area contributed by atoms with Crippen LogP contribution in [-0.4, -0.2) is 38.5 Å². The molecule has 0 spiro atoms. The van der Waals surface area contributed by atoms with E-state index in [4.69, 9.17) is 16.7 Å². The second-order valence-electron chi connectivity index (χ2n) is 5.29. The van der Waals surface area contributed by atoms with Gasteiger partial charge in [0.25, 0.3) is 5.91 Å². The molecule has 0 radical (unpaired) electrons. The minimum Gasteiger partial charge on any atom is -0.480 e. The number of amides is 1. The van der Waals surface area contributed by atoms with Gasteiger partial charge in [-0.2, -0.15) is 0 Å². The predicted octanol–water partition coefficient (Wildman–Crippen LogP) is 2.49. The third-order valence-electron chi connectivity index (χ3n) is 2.77. The Hall–Kier alpha value is -1.49. The van der Waals surface area contributed by atoms with Crippen LogP contribution in [0.15, 0.2) is 12.3 Å². The minimum atomic E-state index is -1.04. The molecular formula is C13H19ClN2O3. The highest BCUT2D eigenvalue weighted by Crippen LogP contribution is 2.21. The zero-order valence-electron chi connectivity index (χ0n) is 11.6. The molecule has 19 heavy (non-hydrogen) atoms. The van der Waals surface area contributed by atoms with Crippen LogP contribution in [0.2, 0.25) is 5.02 Å². The van der Waals surface area contributed by atoms with E-state index in [0.717, 1.165) is 0 Å². The first kappa shape index (κ1) is 15.6. The van der Waals surface area contributed by atoms with Gasteiger partial charge in [0.05, 0.1) is 5.02 Å². The molecule has 0 aliphatic carbocycles. The van der Waals surface area contributed by atoms with Gasteiger partial charge >= 0.3 is 5.97 Å². The summed E-state index contributed by atoms with van der Waals surface area (Å²) in [4.78, 5) is 24.8. The van der Waals surface area contributed by atoms with Crippen LogP contribution < -0.4 is 0 Å². The van der Waals surface area contributed by atoms with E-state index < -0.39 is 11.5 Å². The van der Waals surface area contributed by atoms with Crippen molar-refractivity contribution in [3.05, 3.63) is 23.0 Å². The zero-order valence-corrected chi connectivity index (χ0v) is 12.4. The van der Waals surface area contributed by atoms with E-state index in [0.29, 0.717) is 17.3 Å². The van der Waals surface area contributed by atoms with Crippen molar-refractivity contribution in [2.75, 3.05) is 6.54 Å². The van der Waals surface area contributed by atoms with E-state index in [2.05, 4.69) is 0 Å². The summed E-state index contributed by atoms with van der Waals surface area (Å²) in [6.07, 6.45) is 1.66. The van der Waals surface area contributed by atoms with Crippen molar-refractivity contribution in [2.24, 2.45) is 0 Å². The Morgan fingerprint density at radius 2 is 2.00 bits per heavy atom. The largest absolute Gasteiger partial charge is 0.480 e. The van der Waals surface area contributed by atoms with Gasteiger partial charge in [0.1, 0.15) is 12.2 Å². The van der Waals surface area contributed by atoms with Gasteiger partial charge in [-0.3, -0.25) is 9.59 Å². The molecule has 0 aliphatic heterocycles. The molecule has 1 amide bonds. The average molecular weight is 287 g/mol. The zero-order chi connectivity index (χ0) is 14.8. The molecule has 1 heterocycles. The number of carbonyl (C=O) groups excluding carboxylic acids is 1. The van der Waals surface area contributed by atoms with Gasteiger partial charge in [-0.25, -0.2) is 0 Å². The lowest BCUT2D eigenvalue weighted by atomic mass is 10.1. The van der Waals surface area contributed by atoms with Crippen LogP contribution in [0.3, 0.4) is 0 Å². The fourth-order valence-electron chi connectivity index (χ4n) is 1.80. The van der Waals surface area contributed by atoms with Gasteiger partial charge in [-0.05, 0) is 33.8 Å². The molecule has 5 nitrogen and oxygen atoms in total. The lowest BCUT2D eigenvalue weighted by Gasteiger charge is -2.34. The molecule has 0 atom stereocenters. The van der Waals surface area contributed by atoms with E-state index in [9.17, 15) is 9.59 Å². The monoisotopic (exact) mass is 286 g/mol. The number of carboxylic acid groups (broad SMARTS) is 1. The first-order valence-corrected chi connectivity index (χ1v) is 6.44. The fourth-order valence-corrected chi connectivity index (χ4v) is 2.02. The molecule has 0 saturated heterocycles. The number of hydrogen-bond donors (Lipinski definition) is 1. The van der Waals surface area contributed by atoms with Gasteiger partial charge < -0.3 is 14.6 Å². The topological polar surface area (TPSA) is 62.5 Å². The number of nitrogens with zero attached hydrogens (tertiary/aromatic N) is 2. The highest BCUT2D eigenvalue weighted by molar-refractivity contribution is 6.31. The Kier molecular flexibility index (Phi) is 4.63. The van der Waals surface area contributed by atoms with Crippen molar-refractivity contribution < 1.29 is 14.7 Å². The first-order chi connectivity index (χ1) is 8.66. The number of halogens is 1. The van der Waals surface area contributed by atoms with Crippen LogP contribution in [0, 0.1) is 0 Å². The van der Waals surface area contributed by atoms with E-state index in [1.165, 1.54) is 4.90 Å². The third kappa shape index (κ3) is 3.73. The molecule has 106 valence electrons. The maximum Gasteiger partial charge on any atom is 0.323 e. The van der Waals surface area contributed by atoms with E-state index in [-0.39, 0.29) is 12.5 Å². The van der Waals surface area contributed by atoms with E-state index in [1.807, 2.05) is 6.92 Å². The van der Waals surface area contributed by atoms with Crippen molar-refractivity contribution in [2.45, 2.75) is 39.8 Å². The minimum absolute atomic E-state index is 0.330. The summed E-state index contributed by atoms with van der Waals surface area (Å²) in [6.45, 7) is 7.55. The second-order valence-corrected chi connectivity index (χ2v) is 5.72. The Labute approximate surface area is 117 Å². The molecule has 0 aliphatic rings. The lowest BCUT2D eigenvalue weighted by molar-refractivity contribution is -0.138. The summed E-state index contributed by atoms with van der Waals surface area (Å²) in [7, 11) is 0. The van der Waals surface area contributed by atoms with Crippen molar-refractivity contribution in [1.29, 1.82) is 0 Å². The van der Waals surface area contributed by atoms with Gasteiger partial charge in [0, 0.05) is 18.3 Å². The van der Waals surface area contributed by atoms with Crippen molar-refractivity contribution >= 4 is 23.5 Å². The van der Waals surface area contributed by atoms with Crippen LogP contribution in [-0.2, 0) is 11.3 Å². The molecule has 1 aromatic rings. The van der Waals surface area contributed by atoms with Crippen molar-refractivity contribution in [3.8, 4) is 0 Å². The molecule has 0 bridgehead atoms. The summed E-state index contributed by atoms with van der Waals surface area (Å²) < 4.78 is 1.71. The van der Waals surface area contributed by atoms with Crippen LogP contribution in [0.5, 0.6) is 0 Å². The Morgan fingerprint density at radius 3 is 2.42 bits per heavy atom. The molecule has 6 heteroatoms. The smallest absolute Gasteiger partial charge is 0.323 e. The standard InChI is InChI=1S/C13H19ClN2O3/c1-5-15-7-9(14)6-10(15)12(19)16(8-11(17)18)13(2,3)4/h6-7H,5,8H2,1-4H3,(H,17,18). The molecule has 1 rings (SSSR count). The summed E-state index contributed by atoms with van der Waals surface area (Å²) in [5, 5.41) is 9.41. The average Bonchev–Trinajstić information content (AvgIpc) is 2.64. The molecule has 1 N–H and O–H groups in total. The van der Waals surface area contributed by atoms with Crippen LogP contribution in [0.4, 0.5) is 0 Å². The number of aromatic nitrogens is 1. The number of aryl methyl sites for hydroxylation is 1. The van der Waals surface area contributed by atoms with Crippen molar-refractivity contribution in [1.82, 2.24) is 9.47 Å². The molecule has 1 aromatic heterocycles. The molecule has 0 fully saturated rings. The second kappa shape index (κ2) is 5.65. The van der Waals surface area contributed by atoms with Crippen molar-refractivity contribution in [3.63, 3.8) is 0 Å². The summed E-state index contributed by atoms with van der Waals surface area (Å²) in [6, 6.07) is 1.56. The number of hydrogen-bond acceptors (Lipinski definition) is 2. The van der Waals surface area contributed by atoms with Crippen LogP contribution in [0.1, 0.15) is 38.2 Å². The van der Waals surface area contributed by atoms with Gasteiger partial charge in [-0.1, -0.05) is 11.6 Å². The number of aliphatic carboxylic acids is 1. The van der Waals surface area contributed by atoms with Crippen LogP contribution >= 0.6 is 11.6 Å². The summed E-state index contributed by atoms with van der Waals surface area (Å²) >= 11 is 5.91. The molecule has 0 aromatic carbocycles. The first-order valence-electron chi connectivity index (χ1n) is 6.06. The molecule has 0 saturated carbocycles. The number of carbonyl (C=O) groups is 2. The molecular weight excluding hydrogens is 268 g/mol. The fraction of sp³-hybridized carbons (Fsp3) is 0.538. The highest BCUT2D eigenvalue weighted by atomic mass is 35.5. The van der Waals surface area contributed by atoms with Crippen LogP contribution in [0.25, 0.3) is 0 Å². The lowest BCUT2D eigenvalue weighted by Crippen LogP contribution is -2.48.